The van der Waals surface area contributed by atoms with Crippen molar-refractivity contribution >= 4 is 38.4 Å². The molecule has 2 bridgehead atoms. The number of nitrogens with two attached hydrogens (primary N) is 1. The van der Waals surface area contributed by atoms with E-state index >= 15 is 0 Å². The Hall–Kier alpha value is -2.90. The highest BCUT2D eigenvalue weighted by atomic mass is 32.1. The molecule has 0 radical (unpaired) electrons. The summed E-state index contributed by atoms with van der Waals surface area (Å²) in [6.07, 6.45) is 3.49. The van der Waals surface area contributed by atoms with E-state index in [1.807, 2.05) is 24.3 Å². The van der Waals surface area contributed by atoms with Gasteiger partial charge in [-0.2, -0.15) is 0 Å². The van der Waals surface area contributed by atoms with Crippen molar-refractivity contribution in [3.8, 4) is 16.3 Å². The van der Waals surface area contributed by atoms with E-state index in [-0.39, 0.29) is 28.0 Å². The number of aromatic nitrogens is 1. The quantitative estimate of drug-likeness (QED) is 0.391. The van der Waals surface area contributed by atoms with E-state index in [4.69, 9.17) is 10.2 Å². The van der Waals surface area contributed by atoms with Crippen LogP contribution in [0.15, 0.2) is 45.6 Å². The second kappa shape index (κ2) is 7.30. The molecule has 1 aliphatic heterocycles. The highest BCUT2D eigenvalue weighted by Crippen LogP contribution is 2.53. The van der Waals surface area contributed by atoms with Crippen LogP contribution in [0, 0.1) is 10.8 Å². The van der Waals surface area contributed by atoms with E-state index < -0.39 is 0 Å². The summed E-state index contributed by atoms with van der Waals surface area (Å²) in [5.74, 6) is 0.172. The molecule has 34 heavy (non-hydrogen) atoms. The molecule has 2 aromatic carbocycles. The van der Waals surface area contributed by atoms with Crippen molar-refractivity contribution in [2.75, 3.05) is 12.3 Å². The number of hydrogen-bond donors (Lipinski definition) is 2. The number of anilines is 1. The van der Waals surface area contributed by atoms with Crippen LogP contribution in [0.4, 0.5) is 5.88 Å². The average molecular weight is 476 g/mol. The van der Waals surface area contributed by atoms with Crippen LogP contribution >= 0.6 is 11.3 Å². The number of para-hydroxylation sites is 1. The molecule has 7 heteroatoms. The number of rotatable bonds is 3. The minimum absolute atomic E-state index is 0.0386. The molecule has 0 spiro atoms. The lowest BCUT2D eigenvalue weighted by Crippen LogP contribution is -2.34. The average Bonchev–Trinajstić information content (AvgIpc) is 3.27. The Balaban J connectivity index is 1.44. The molecule has 4 aromatic rings. The number of aromatic hydroxyl groups is 1. The van der Waals surface area contributed by atoms with Crippen molar-refractivity contribution in [2.45, 2.75) is 52.6 Å². The SMILES string of the molecule is CC1(C)CC2CC(C)(CN2Cc2c(O)ccc3c(=O)c(-c4nc5ccccc5s4)c(N)oc23)C1. The van der Waals surface area contributed by atoms with Gasteiger partial charge in [0.05, 0.1) is 21.2 Å². The summed E-state index contributed by atoms with van der Waals surface area (Å²) in [4.78, 5) is 20.6. The van der Waals surface area contributed by atoms with Crippen LogP contribution < -0.4 is 11.2 Å². The molecule has 2 aliphatic rings. The Morgan fingerprint density at radius 1 is 1.21 bits per heavy atom. The third kappa shape index (κ3) is 3.41. The lowest BCUT2D eigenvalue weighted by molar-refractivity contribution is 0.126. The van der Waals surface area contributed by atoms with Crippen molar-refractivity contribution in [1.82, 2.24) is 9.88 Å². The van der Waals surface area contributed by atoms with Gasteiger partial charge in [-0.05, 0) is 54.4 Å². The molecule has 2 unspecified atom stereocenters. The Morgan fingerprint density at radius 2 is 2.00 bits per heavy atom. The molecule has 0 amide bonds. The topological polar surface area (TPSA) is 92.6 Å². The molecule has 3 N–H and O–H groups in total. The van der Waals surface area contributed by atoms with E-state index in [0.717, 1.165) is 29.6 Å². The minimum Gasteiger partial charge on any atom is -0.507 e. The van der Waals surface area contributed by atoms with Crippen LogP contribution in [0.3, 0.4) is 0 Å². The van der Waals surface area contributed by atoms with E-state index in [0.29, 0.717) is 39.5 Å². The molecule has 3 heterocycles. The first kappa shape index (κ1) is 21.6. The molecular formula is C27H29N3O3S. The molecule has 2 fully saturated rings. The molecule has 6 rings (SSSR count). The number of nitrogen functional groups attached to an aromatic ring is 1. The van der Waals surface area contributed by atoms with E-state index in [2.05, 4.69) is 30.7 Å². The maximum atomic E-state index is 13.6. The first-order chi connectivity index (χ1) is 16.1. The summed E-state index contributed by atoms with van der Waals surface area (Å²) in [6.45, 7) is 8.56. The fourth-order valence-electron chi connectivity index (χ4n) is 6.62. The van der Waals surface area contributed by atoms with Crippen LogP contribution in [0.5, 0.6) is 5.75 Å². The van der Waals surface area contributed by atoms with Crippen molar-refractivity contribution < 1.29 is 9.52 Å². The largest absolute Gasteiger partial charge is 0.507 e. The second-order valence-electron chi connectivity index (χ2n) is 11.2. The number of likely N-dealkylation sites (tertiary alicyclic amines) is 1. The number of phenols is 1. The molecule has 176 valence electrons. The summed E-state index contributed by atoms with van der Waals surface area (Å²) in [7, 11) is 0. The highest BCUT2D eigenvalue weighted by Gasteiger charge is 2.49. The smallest absolute Gasteiger partial charge is 0.205 e. The number of nitrogens with zero attached hydrogens (tertiary/aromatic N) is 2. The van der Waals surface area contributed by atoms with Gasteiger partial charge in [-0.25, -0.2) is 4.98 Å². The second-order valence-corrected chi connectivity index (χ2v) is 12.2. The Morgan fingerprint density at radius 3 is 2.79 bits per heavy atom. The summed E-state index contributed by atoms with van der Waals surface area (Å²) < 4.78 is 7.07. The van der Waals surface area contributed by atoms with Crippen molar-refractivity contribution in [3.63, 3.8) is 0 Å². The maximum absolute atomic E-state index is 13.6. The monoisotopic (exact) mass is 475 g/mol. The summed E-state index contributed by atoms with van der Waals surface area (Å²) in [5.41, 5.74) is 8.79. The highest BCUT2D eigenvalue weighted by molar-refractivity contribution is 7.21. The zero-order valence-electron chi connectivity index (χ0n) is 19.7. The first-order valence-corrected chi connectivity index (χ1v) is 12.6. The van der Waals surface area contributed by atoms with Gasteiger partial charge >= 0.3 is 0 Å². The number of hydrogen-bond acceptors (Lipinski definition) is 7. The van der Waals surface area contributed by atoms with Gasteiger partial charge in [0.2, 0.25) is 11.3 Å². The molecule has 2 aromatic heterocycles. The van der Waals surface area contributed by atoms with Crippen LogP contribution in [-0.4, -0.2) is 27.6 Å². The summed E-state index contributed by atoms with van der Waals surface area (Å²) in [6, 6.07) is 11.4. The predicted molar refractivity (Wildman–Crippen MR) is 137 cm³/mol. The van der Waals surface area contributed by atoms with Gasteiger partial charge in [0.1, 0.15) is 21.9 Å². The number of fused-ring (bicyclic) bond motifs is 4. The first-order valence-electron chi connectivity index (χ1n) is 11.8. The lowest BCUT2D eigenvalue weighted by atomic mass is 9.65. The van der Waals surface area contributed by atoms with Crippen LogP contribution in [0.2, 0.25) is 0 Å². The van der Waals surface area contributed by atoms with Crippen LogP contribution in [-0.2, 0) is 6.54 Å². The number of phenolic OH excluding ortho intramolecular Hbond substituents is 1. The number of benzene rings is 2. The molecule has 1 aliphatic carbocycles. The Bertz CT molecular complexity index is 1470. The van der Waals surface area contributed by atoms with Gasteiger partial charge in [-0.3, -0.25) is 9.69 Å². The van der Waals surface area contributed by atoms with Crippen molar-refractivity contribution in [1.29, 1.82) is 0 Å². The van der Waals surface area contributed by atoms with Gasteiger partial charge in [0.25, 0.3) is 0 Å². The Kier molecular flexibility index (Phi) is 4.64. The standard InChI is InChI=1S/C27H29N3O3S/c1-26(2)10-15-11-27(3,13-26)14-30(15)12-17-19(31)9-8-16-22(32)21(24(28)33-23(16)17)25-29-18-6-4-5-7-20(18)34-25/h4-9,15,31H,10-14,28H2,1-3H3. The minimum atomic E-state index is -0.215. The molecular weight excluding hydrogens is 446 g/mol. The van der Waals surface area contributed by atoms with Gasteiger partial charge in [0.15, 0.2) is 0 Å². The summed E-state index contributed by atoms with van der Waals surface area (Å²) >= 11 is 1.42. The fourth-order valence-corrected chi connectivity index (χ4v) is 7.63. The molecule has 2 atom stereocenters. The third-order valence-corrected chi connectivity index (χ3v) is 8.61. The van der Waals surface area contributed by atoms with Gasteiger partial charge < -0.3 is 15.3 Å². The van der Waals surface area contributed by atoms with Gasteiger partial charge in [0, 0.05) is 19.1 Å². The zero-order valence-corrected chi connectivity index (χ0v) is 20.5. The van der Waals surface area contributed by atoms with Crippen LogP contribution in [0.25, 0.3) is 31.8 Å². The number of thiazole rings is 1. The fraction of sp³-hybridized carbons (Fsp3) is 0.407. The predicted octanol–water partition coefficient (Wildman–Crippen LogP) is 5.76. The van der Waals surface area contributed by atoms with E-state index in [1.165, 1.54) is 17.8 Å². The maximum Gasteiger partial charge on any atom is 0.205 e. The van der Waals surface area contributed by atoms with E-state index in [1.54, 1.807) is 12.1 Å². The van der Waals surface area contributed by atoms with E-state index in [9.17, 15) is 9.90 Å². The lowest BCUT2D eigenvalue weighted by Gasteiger charge is -2.40. The third-order valence-electron chi connectivity index (χ3n) is 7.56. The van der Waals surface area contributed by atoms with Crippen molar-refractivity contribution in [2.24, 2.45) is 10.8 Å². The van der Waals surface area contributed by atoms with Crippen molar-refractivity contribution in [3.05, 3.63) is 52.2 Å². The normalized spacial score (nSPS) is 24.3. The van der Waals surface area contributed by atoms with Crippen LogP contribution in [0.1, 0.15) is 45.6 Å². The summed E-state index contributed by atoms with van der Waals surface area (Å²) in [5, 5.41) is 11.8. The van der Waals surface area contributed by atoms with Gasteiger partial charge in [-0.1, -0.05) is 32.9 Å². The van der Waals surface area contributed by atoms with Gasteiger partial charge in [-0.15, -0.1) is 11.3 Å². The molecule has 1 saturated carbocycles. The Labute approximate surface area is 202 Å². The zero-order chi connectivity index (χ0) is 23.8. The molecule has 6 nitrogen and oxygen atoms in total. The molecule has 1 saturated heterocycles.